The molecule has 1 aliphatic rings. The van der Waals surface area contributed by atoms with E-state index >= 15 is 0 Å². The van der Waals surface area contributed by atoms with Crippen LogP contribution in [0.1, 0.15) is 45.4 Å². The molecular weight excluding hydrogens is 162 g/mol. The largest absolute Gasteiger partial charge is 0.316 e. The van der Waals surface area contributed by atoms with Crippen LogP contribution in [0, 0.1) is 5.92 Å². The first-order valence-electron chi connectivity index (χ1n) is 5.49. The number of carbonyl (C=O) groups excluding carboxylic acids is 1. The lowest BCUT2D eigenvalue weighted by Crippen LogP contribution is -2.20. The molecule has 13 heavy (non-hydrogen) atoms. The van der Waals surface area contributed by atoms with Crippen molar-refractivity contribution >= 4 is 5.78 Å². The van der Waals surface area contributed by atoms with Gasteiger partial charge in [0.05, 0.1) is 0 Å². The Hall–Kier alpha value is -0.370. The van der Waals surface area contributed by atoms with Crippen molar-refractivity contribution in [3.63, 3.8) is 0 Å². The molecule has 1 N–H and O–H groups in total. The predicted octanol–water partition coefficient (Wildman–Crippen LogP) is 2.14. The summed E-state index contributed by atoms with van der Waals surface area (Å²) in [5.41, 5.74) is 0. The van der Waals surface area contributed by atoms with Crippen LogP contribution < -0.4 is 5.32 Å². The maximum absolute atomic E-state index is 10.6. The molecule has 0 aromatic heterocycles. The van der Waals surface area contributed by atoms with E-state index < -0.39 is 0 Å². The fourth-order valence-corrected chi connectivity index (χ4v) is 1.99. The number of Topliss-reactive ketones (excluding diaryl/α,β-unsaturated/α-hetero) is 1. The van der Waals surface area contributed by atoms with E-state index in [0.29, 0.717) is 6.42 Å². The van der Waals surface area contributed by atoms with Crippen molar-refractivity contribution in [2.45, 2.75) is 45.4 Å². The highest BCUT2D eigenvalue weighted by molar-refractivity contribution is 5.75. The maximum Gasteiger partial charge on any atom is 0.131 e. The normalized spacial score (nSPS) is 17.9. The van der Waals surface area contributed by atoms with Crippen LogP contribution in [0.15, 0.2) is 0 Å². The molecule has 0 atom stereocenters. The van der Waals surface area contributed by atoms with Gasteiger partial charge in [-0.05, 0) is 25.8 Å². The van der Waals surface area contributed by atoms with E-state index in [4.69, 9.17) is 0 Å². The van der Waals surface area contributed by atoms with Crippen molar-refractivity contribution in [1.82, 2.24) is 5.32 Å². The molecule has 1 aliphatic carbocycles. The highest BCUT2D eigenvalue weighted by atomic mass is 16.1. The molecule has 2 heteroatoms. The fourth-order valence-electron chi connectivity index (χ4n) is 1.99. The summed E-state index contributed by atoms with van der Waals surface area (Å²) >= 11 is 0. The van der Waals surface area contributed by atoms with Crippen LogP contribution in [0.2, 0.25) is 0 Å². The van der Waals surface area contributed by atoms with Crippen molar-refractivity contribution in [2.75, 3.05) is 13.1 Å². The number of nitrogens with one attached hydrogen (secondary N) is 1. The fraction of sp³-hybridized carbons (Fsp3) is 0.909. The van der Waals surface area contributed by atoms with Crippen molar-refractivity contribution in [3.05, 3.63) is 0 Å². The van der Waals surface area contributed by atoms with Crippen LogP contribution in [0.25, 0.3) is 0 Å². The van der Waals surface area contributed by atoms with Crippen molar-refractivity contribution in [3.8, 4) is 0 Å². The first-order chi connectivity index (χ1) is 6.29. The molecule has 0 bridgehead atoms. The number of hydrogen-bond acceptors (Lipinski definition) is 2. The molecule has 1 saturated carbocycles. The third-order valence-corrected chi connectivity index (χ3v) is 2.86. The molecule has 1 fully saturated rings. The Morgan fingerprint density at radius 3 is 2.62 bits per heavy atom. The molecule has 1 rings (SSSR count). The summed E-state index contributed by atoms with van der Waals surface area (Å²) in [7, 11) is 0. The van der Waals surface area contributed by atoms with E-state index in [1.807, 2.05) is 0 Å². The third-order valence-electron chi connectivity index (χ3n) is 2.86. The van der Waals surface area contributed by atoms with Crippen LogP contribution in [-0.2, 0) is 4.79 Å². The number of rotatable bonds is 6. The summed E-state index contributed by atoms with van der Waals surface area (Å²) in [6.45, 7) is 3.61. The number of carbonyl (C=O) groups is 1. The van der Waals surface area contributed by atoms with Crippen LogP contribution in [0.4, 0.5) is 0 Å². The molecule has 0 heterocycles. The van der Waals surface area contributed by atoms with Crippen LogP contribution >= 0.6 is 0 Å². The lowest BCUT2D eigenvalue weighted by atomic mass is 10.0. The molecule has 0 aromatic carbocycles. The highest BCUT2D eigenvalue weighted by Gasteiger charge is 2.13. The van der Waals surface area contributed by atoms with Gasteiger partial charge in [-0.15, -0.1) is 0 Å². The molecule has 0 aromatic rings. The average Bonchev–Trinajstić information content (AvgIpc) is 2.55. The van der Waals surface area contributed by atoms with Gasteiger partial charge in [0.25, 0.3) is 0 Å². The molecular formula is C11H21NO. The minimum Gasteiger partial charge on any atom is -0.316 e. The molecule has 0 unspecified atom stereocenters. The Balaban J connectivity index is 1.86. The van der Waals surface area contributed by atoms with E-state index in [2.05, 4.69) is 5.32 Å². The van der Waals surface area contributed by atoms with E-state index in [0.717, 1.165) is 19.0 Å². The summed E-state index contributed by atoms with van der Waals surface area (Å²) in [4.78, 5) is 10.6. The molecule has 0 amide bonds. The van der Waals surface area contributed by atoms with Crippen LogP contribution in [-0.4, -0.2) is 18.9 Å². The average molecular weight is 183 g/mol. The van der Waals surface area contributed by atoms with Gasteiger partial charge in [-0.2, -0.15) is 0 Å². The molecule has 2 nitrogen and oxygen atoms in total. The molecule has 0 saturated heterocycles. The molecule has 0 radical (unpaired) electrons. The third kappa shape index (κ3) is 5.04. The minimum atomic E-state index is 0.286. The first-order valence-corrected chi connectivity index (χ1v) is 5.49. The van der Waals surface area contributed by atoms with E-state index in [-0.39, 0.29) is 5.78 Å². The Bertz CT molecular complexity index is 150. The van der Waals surface area contributed by atoms with Gasteiger partial charge in [0.15, 0.2) is 0 Å². The zero-order chi connectivity index (χ0) is 9.52. The van der Waals surface area contributed by atoms with Gasteiger partial charge in [-0.25, -0.2) is 0 Å². The second kappa shape index (κ2) is 6.14. The summed E-state index contributed by atoms with van der Waals surface area (Å²) in [6.07, 6.45) is 7.70. The Morgan fingerprint density at radius 2 is 2.00 bits per heavy atom. The zero-order valence-corrected chi connectivity index (χ0v) is 8.64. The molecule has 76 valence electrons. The van der Waals surface area contributed by atoms with Gasteiger partial charge in [-0.1, -0.05) is 25.7 Å². The minimum absolute atomic E-state index is 0.286. The van der Waals surface area contributed by atoms with Crippen LogP contribution in [0.5, 0.6) is 0 Å². The quantitative estimate of drug-likeness (QED) is 0.639. The van der Waals surface area contributed by atoms with Gasteiger partial charge < -0.3 is 5.32 Å². The Kier molecular flexibility index (Phi) is 5.06. The molecule has 0 spiro atoms. The summed E-state index contributed by atoms with van der Waals surface area (Å²) < 4.78 is 0. The second-order valence-electron chi connectivity index (χ2n) is 4.14. The number of hydrogen-bond donors (Lipinski definition) is 1. The van der Waals surface area contributed by atoms with Gasteiger partial charge in [0, 0.05) is 13.0 Å². The highest BCUT2D eigenvalue weighted by Crippen LogP contribution is 2.26. The van der Waals surface area contributed by atoms with Gasteiger partial charge in [0.2, 0.25) is 0 Å². The monoisotopic (exact) mass is 183 g/mol. The van der Waals surface area contributed by atoms with Gasteiger partial charge in [-0.3, -0.25) is 4.79 Å². The molecule has 0 aliphatic heterocycles. The topological polar surface area (TPSA) is 29.1 Å². The lowest BCUT2D eigenvalue weighted by molar-refractivity contribution is -0.116. The van der Waals surface area contributed by atoms with Crippen LogP contribution in [0.3, 0.4) is 0 Å². The van der Waals surface area contributed by atoms with Gasteiger partial charge >= 0.3 is 0 Å². The standard InChI is InChI=1S/C11H21NO/c1-10(13)6-8-12-9-7-11-4-2-3-5-11/h11-12H,2-9H2,1H3. The summed E-state index contributed by atoms with van der Waals surface area (Å²) in [6, 6.07) is 0. The number of ketones is 1. The SMILES string of the molecule is CC(=O)CCNCCC1CCCC1. The summed E-state index contributed by atoms with van der Waals surface area (Å²) in [5, 5.41) is 3.32. The van der Waals surface area contributed by atoms with E-state index in [9.17, 15) is 4.79 Å². The van der Waals surface area contributed by atoms with Crippen molar-refractivity contribution in [2.24, 2.45) is 5.92 Å². The Labute approximate surface area is 81.1 Å². The van der Waals surface area contributed by atoms with Gasteiger partial charge in [0.1, 0.15) is 5.78 Å². The summed E-state index contributed by atoms with van der Waals surface area (Å²) in [5.74, 6) is 1.25. The zero-order valence-electron chi connectivity index (χ0n) is 8.64. The maximum atomic E-state index is 10.6. The van der Waals surface area contributed by atoms with E-state index in [1.54, 1.807) is 6.92 Å². The smallest absolute Gasteiger partial charge is 0.131 e. The Morgan fingerprint density at radius 1 is 1.31 bits per heavy atom. The second-order valence-corrected chi connectivity index (χ2v) is 4.14. The predicted molar refractivity (Wildman–Crippen MR) is 54.7 cm³/mol. The van der Waals surface area contributed by atoms with Crippen molar-refractivity contribution < 1.29 is 4.79 Å². The van der Waals surface area contributed by atoms with E-state index in [1.165, 1.54) is 32.1 Å². The van der Waals surface area contributed by atoms with Crippen molar-refractivity contribution in [1.29, 1.82) is 0 Å². The first kappa shape index (κ1) is 10.7. The lowest BCUT2D eigenvalue weighted by Gasteiger charge is -2.08.